The Morgan fingerprint density at radius 1 is 1.17 bits per heavy atom. The van der Waals surface area contributed by atoms with Gasteiger partial charge < -0.3 is 14.8 Å². The summed E-state index contributed by atoms with van der Waals surface area (Å²) in [7, 11) is 1.64. The van der Waals surface area contributed by atoms with Crippen molar-refractivity contribution in [3.8, 4) is 5.75 Å². The van der Waals surface area contributed by atoms with Crippen LogP contribution in [0.1, 0.15) is 31.0 Å². The Bertz CT molecular complexity index is 1260. The van der Waals surface area contributed by atoms with E-state index in [1.807, 2.05) is 49.4 Å². The summed E-state index contributed by atoms with van der Waals surface area (Å²) in [5.74, 6) is 1.12. The van der Waals surface area contributed by atoms with Crippen LogP contribution in [0.5, 0.6) is 5.75 Å². The number of methoxy groups -OCH3 is 1. The van der Waals surface area contributed by atoms with Crippen LogP contribution in [0, 0.1) is 0 Å². The number of aromatic nitrogens is 3. The number of hydrogen-bond donors (Lipinski definition) is 1. The van der Waals surface area contributed by atoms with Crippen LogP contribution in [0.2, 0.25) is 0 Å². The molecule has 0 saturated carbocycles. The first-order valence-corrected chi connectivity index (χ1v) is 12.5. The minimum Gasteiger partial charge on any atom is -0.497 e. The fourth-order valence-electron chi connectivity index (χ4n) is 4.31. The Morgan fingerprint density at radius 2 is 1.94 bits per heavy atom. The minimum absolute atomic E-state index is 0.182. The van der Waals surface area contributed by atoms with Gasteiger partial charge in [-0.05, 0) is 55.2 Å². The maximum Gasteiger partial charge on any atom is 0.295 e. The number of nitrogens with one attached hydrogen (secondary N) is 1. The van der Waals surface area contributed by atoms with Gasteiger partial charge in [-0.3, -0.25) is 14.3 Å². The van der Waals surface area contributed by atoms with Crippen molar-refractivity contribution in [2.75, 3.05) is 51.8 Å². The number of ether oxygens (including phenoxy) is 2. The van der Waals surface area contributed by atoms with Crippen molar-refractivity contribution in [2.45, 2.75) is 26.3 Å². The first-order valence-electron chi connectivity index (χ1n) is 12.5. The van der Waals surface area contributed by atoms with Gasteiger partial charge in [0.15, 0.2) is 11.5 Å². The zero-order valence-electron chi connectivity index (χ0n) is 21.2. The summed E-state index contributed by atoms with van der Waals surface area (Å²) in [5.41, 5.74) is 4.02. The Morgan fingerprint density at radius 3 is 2.64 bits per heavy atom. The quantitative estimate of drug-likeness (QED) is 0.408. The van der Waals surface area contributed by atoms with Gasteiger partial charge in [0.25, 0.3) is 5.56 Å². The number of rotatable bonds is 11. The van der Waals surface area contributed by atoms with Gasteiger partial charge in [-0.25, -0.2) is 9.97 Å². The average Bonchev–Trinajstić information content (AvgIpc) is 2.92. The van der Waals surface area contributed by atoms with E-state index in [2.05, 4.69) is 27.9 Å². The molecule has 0 amide bonds. The highest BCUT2D eigenvalue weighted by atomic mass is 16.5. The summed E-state index contributed by atoms with van der Waals surface area (Å²) in [4.78, 5) is 25.5. The molecular weight excluding hydrogens is 454 g/mol. The highest BCUT2D eigenvalue weighted by Gasteiger charge is 2.16. The summed E-state index contributed by atoms with van der Waals surface area (Å²) in [6.07, 6.45) is 5.68. The van der Waals surface area contributed by atoms with Gasteiger partial charge >= 0.3 is 0 Å². The monoisotopic (exact) mass is 489 g/mol. The lowest BCUT2D eigenvalue weighted by Crippen LogP contribution is -2.39. The summed E-state index contributed by atoms with van der Waals surface area (Å²) in [6, 6.07) is 11.7. The van der Waals surface area contributed by atoms with E-state index in [1.54, 1.807) is 11.7 Å². The maximum atomic E-state index is 13.6. The van der Waals surface area contributed by atoms with E-state index in [0.717, 1.165) is 68.3 Å². The second-order valence-corrected chi connectivity index (χ2v) is 8.76. The van der Waals surface area contributed by atoms with Gasteiger partial charge in [-0.2, -0.15) is 0 Å². The SMILES string of the molecule is C=CCC/C(=C\C)c1ccc2nc(NCCN3CCOCC3)c(=O)n(Cc3ccc(OC)cc3)c2n1. The molecule has 0 spiro atoms. The molecule has 3 heterocycles. The first-order chi connectivity index (χ1) is 17.6. The number of anilines is 1. The third kappa shape index (κ3) is 6.19. The number of hydrogen-bond acceptors (Lipinski definition) is 7. The number of benzene rings is 1. The van der Waals surface area contributed by atoms with E-state index in [1.165, 1.54) is 0 Å². The first kappa shape index (κ1) is 25.6. The van der Waals surface area contributed by atoms with Crippen molar-refractivity contribution >= 4 is 22.6 Å². The minimum atomic E-state index is -0.182. The van der Waals surface area contributed by atoms with Crippen molar-refractivity contribution in [1.29, 1.82) is 0 Å². The topological polar surface area (TPSA) is 81.5 Å². The summed E-state index contributed by atoms with van der Waals surface area (Å²) < 4.78 is 12.4. The zero-order valence-corrected chi connectivity index (χ0v) is 21.2. The fourth-order valence-corrected chi connectivity index (χ4v) is 4.31. The molecule has 4 rings (SSSR count). The van der Waals surface area contributed by atoms with Gasteiger partial charge in [0, 0.05) is 26.2 Å². The number of pyridine rings is 1. The molecule has 0 unspecified atom stereocenters. The van der Waals surface area contributed by atoms with Gasteiger partial charge in [-0.15, -0.1) is 6.58 Å². The Labute approximate surface area is 212 Å². The van der Waals surface area contributed by atoms with Gasteiger partial charge in [0.2, 0.25) is 0 Å². The molecular formula is C28H35N5O3. The molecule has 0 bridgehead atoms. The van der Waals surface area contributed by atoms with Crippen molar-refractivity contribution < 1.29 is 9.47 Å². The molecule has 1 aromatic carbocycles. The molecule has 1 aliphatic heterocycles. The van der Waals surface area contributed by atoms with Crippen LogP contribution < -0.4 is 15.6 Å². The molecule has 190 valence electrons. The van der Waals surface area contributed by atoms with Crippen LogP contribution in [0.15, 0.2) is 59.9 Å². The second kappa shape index (κ2) is 12.5. The maximum absolute atomic E-state index is 13.6. The third-order valence-corrected chi connectivity index (χ3v) is 6.41. The van der Waals surface area contributed by atoms with Crippen LogP contribution in [-0.2, 0) is 11.3 Å². The Kier molecular flexibility index (Phi) is 8.86. The largest absolute Gasteiger partial charge is 0.497 e. The molecule has 1 N–H and O–H groups in total. The molecule has 8 nitrogen and oxygen atoms in total. The van der Waals surface area contributed by atoms with Crippen molar-refractivity contribution in [2.24, 2.45) is 0 Å². The lowest BCUT2D eigenvalue weighted by molar-refractivity contribution is 0.0398. The standard InChI is InChI=1S/C28H35N5O3/c1-4-6-7-22(5-2)24-12-13-25-27(31-24)33(20-21-8-10-23(35-3)11-9-21)28(34)26(30-25)29-14-15-32-16-18-36-19-17-32/h4-5,8-13H,1,6-7,14-20H2,2-3H3,(H,29,30)/b22-5+. The number of fused-ring (bicyclic) bond motifs is 1. The molecule has 8 heteroatoms. The smallest absolute Gasteiger partial charge is 0.295 e. The molecule has 1 saturated heterocycles. The highest BCUT2D eigenvalue weighted by Crippen LogP contribution is 2.22. The number of morpholine rings is 1. The summed E-state index contributed by atoms with van der Waals surface area (Å²) >= 11 is 0. The molecule has 0 aliphatic carbocycles. The van der Waals surface area contributed by atoms with Crippen molar-refractivity contribution in [3.05, 3.63) is 76.7 Å². The van der Waals surface area contributed by atoms with E-state index >= 15 is 0 Å². The van der Waals surface area contributed by atoms with E-state index in [9.17, 15) is 4.79 Å². The van der Waals surface area contributed by atoms with Crippen LogP contribution in [0.25, 0.3) is 16.7 Å². The van der Waals surface area contributed by atoms with Crippen LogP contribution in [0.3, 0.4) is 0 Å². The van der Waals surface area contributed by atoms with Crippen LogP contribution in [0.4, 0.5) is 5.82 Å². The molecule has 2 aromatic heterocycles. The lowest BCUT2D eigenvalue weighted by atomic mass is 10.1. The average molecular weight is 490 g/mol. The molecule has 0 atom stereocenters. The highest BCUT2D eigenvalue weighted by molar-refractivity contribution is 5.76. The zero-order chi connectivity index (χ0) is 25.3. The van der Waals surface area contributed by atoms with E-state index in [4.69, 9.17) is 14.5 Å². The summed E-state index contributed by atoms with van der Waals surface area (Å²) in [5, 5.41) is 3.28. The van der Waals surface area contributed by atoms with Crippen LogP contribution >= 0.6 is 0 Å². The van der Waals surface area contributed by atoms with Gasteiger partial charge in [0.1, 0.15) is 11.3 Å². The second-order valence-electron chi connectivity index (χ2n) is 8.76. The number of allylic oxidation sites excluding steroid dienone is 3. The van der Waals surface area contributed by atoms with Crippen molar-refractivity contribution in [3.63, 3.8) is 0 Å². The molecule has 36 heavy (non-hydrogen) atoms. The van der Waals surface area contributed by atoms with Crippen molar-refractivity contribution in [1.82, 2.24) is 19.4 Å². The van der Waals surface area contributed by atoms with E-state index in [0.29, 0.717) is 30.1 Å². The van der Waals surface area contributed by atoms with E-state index < -0.39 is 0 Å². The molecule has 3 aromatic rings. The van der Waals surface area contributed by atoms with E-state index in [-0.39, 0.29) is 5.56 Å². The van der Waals surface area contributed by atoms with Crippen LogP contribution in [-0.4, -0.2) is 65.9 Å². The predicted molar refractivity (Wildman–Crippen MR) is 145 cm³/mol. The molecule has 0 radical (unpaired) electrons. The normalized spacial score (nSPS) is 14.7. The fraction of sp³-hybridized carbons (Fsp3) is 0.393. The Hall–Kier alpha value is -3.49. The summed E-state index contributed by atoms with van der Waals surface area (Å²) in [6.45, 7) is 11.0. The van der Waals surface area contributed by atoms with Gasteiger partial charge in [0.05, 0.1) is 32.6 Å². The molecule has 1 fully saturated rings. The number of nitrogens with zero attached hydrogens (tertiary/aromatic N) is 4. The molecule has 1 aliphatic rings. The van der Waals surface area contributed by atoms with Gasteiger partial charge in [-0.1, -0.05) is 24.3 Å². The lowest BCUT2D eigenvalue weighted by Gasteiger charge is -2.26. The predicted octanol–water partition coefficient (Wildman–Crippen LogP) is 3.96. The Balaban J connectivity index is 1.68. The third-order valence-electron chi connectivity index (χ3n) is 6.41.